The third kappa shape index (κ3) is 3.43. The maximum absolute atomic E-state index is 13.0. The molecule has 4 rings (SSSR count). The predicted octanol–water partition coefficient (Wildman–Crippen LogP) is 5.27. The van der Waals surface area contributed by atoms with Crippen molar-refractivity contribution in [2.45, 2.75) is 13.0 Å². The fourth-order valence-corrected chi connectivity index (χ4v) is 3.64. The van der Waals surface area contributed by atoms with E-state index in [-0.39, 0.29) is 11.3 Å². The van der Waals surface area contributed by atoms with Gasteiger partial charge in [-0.25, -0.2) is 0 Å². The summed E-state index contributed by atoms with van der Waals surface area (Å²) >= 11 is 5.94. The Morgan fingerprint density at radius 1 is 0.897 bits per heavy atom. The van der Waals surface area contributed by atoms with Crippen LogP contribution in [-0.2, 0) is 9.59 Å². The van der Waals surface area contributed by atoms with Crippen molar-refractivity contribution >= 4 is 34.7 Å². The van der Waals surface area contributed by atoms with Gasteiger partial charge in [0, 0.05) is 16.3 Å². The summed E-state index contributed by atoms with van der Waals surface area (Å²) in [5.41, 5.74) is 2.88. The van der Waals surface area contributed by atoms with Crippen molar-refractivity contribution in [2.75, 3.05) is 4.90 Å². The lowest BCUT2D eigenvalue weighted by Gasteiger charge is -2.25. The number of benzene rings is 3. The molecule has 1 saturated heterocycles. The van der Waals surface area contributed by atoms with Gasteiger partial charge < -0.3 is 5.11 Å². The third-order valence-electron chi connectivity index (χ3n) is 4.99. The van der Waals surface area contributed by atoms with Gasteiger partial charge in [-0.15, -0.1) is 0 Å². The van der Waals surface area contributed by atoms with Crippen LogP contribution in [0.4, 0.5) is 5.69 Å². The number of rotatable bonds is 3. The van der Waals surface area contributed by atoms with Crippen molar-refractivity contribution in [3.8, 4) is 0 Å². The summed E-state index contributed by atoms with van der Waals surface area (Å²) in [4.78, 5) is 27.4. The van der Waals surface area contributed by atoms with Crippen LogP contribution in [-0.4, -0.2) is 16.8 Å². The summed E-state index contributed by atoms with van der Waals surface area (Å²) < 4.78 is 0. The van der Waals surface area contributed by atoms with Gasteiger partial charge >= 0.3 is 0 Å². The molecule has 0 spiro atoms. The monoisotopic (exact) mass is 403 g/mol. The number of carbonyl (C=O) groups excluding carboxylic acids is 2. The number of hydrogen-bond acceptors (Lipinski definition) is 3. The molecule has 1 fully saturated rings. The molecule has 1 atom stereocenters. The highest BCUT2D eigenvalue weighted by Gasteiger charge is 2.46. The Hall–Kier alpha value is -3.37. The number of amides is 1. The quantitative estimate of drug-likeness (QED) is 0.368. The van der Waals surface area contributed by atoms with Gasteiger partial charge in [-0.1, -0.05) is 59.6 Å². The number of Topliss-reactive ketones (excluding diaryl/α,β-unsaturated/α-hetero) is 1. The summed E-state index contributed by atoms with van der Waals surface area (Å²) in [6.45, 7) is 1.96. The van der Waals surface area contributed by atoms with Crippen molar-refractivity contribution in [3.05, 3.63) is 106 Å². The molecule has 4 nitrogen and oxygen atoms in total. The number of nitrogens with zero attached hydrogens (tertiary/aromatic N) is 1. The number of halogens is 1. The van der Waals surface area contributed by atoms with E-state index in [4.69, 9.17) is 11.6 Å². The molecule has 3 aromatic carbocycles. The van der Waals surface area contributed by atoms with E-state index >= 15 is 0 Å². The summed E-state index contributed by atoms with van der Waals surface area (Å²) in [5.74, 6) is -1.60. The van der Waals surface area contributed by atoms with Crippen LogP contribution < -0.4 is 4.90 Å². The van der Waals surface area contributed by atoms with Gasteiger partial charge in [0.1, 0.15) is 5.76 Å². The summed E-state index contributed by atoms with van der Waals surface area (Å²) in [6.07, 6.45) is 0. The number of aryl methyl sites for hydroxylation is 1. The zero-order valence-corrected chi connectivity index (χ0v) is 16.4. The Morgan fingerprint density at radius 3 is 2.14 bits per heavy atom. The molecular formula is C24H18ClNO3. The van der Waals surface area contributed by atoms with Crippen molar-refractivity contribution < 1.29 is 14.7 Å². The lowest BCUT2D eigenvalue weighted by Crippen LogP contribution is -2.29. The van der Waals surface area contributed by atoms with Gasteiger partial charge in [-0.05, 0) is 48.9 Å². The second-order valence-electron chi connectivity index (χ2n) is 6.92. The summed E-state index contributed by atoms with van der Waals surface area (Å²) in [7, 11) is 0. The van der Waals surface area contributed by atoms with Gasteiger partial charge in [0.25, 0.3) is 11.7 Å². The van der Waals surface area contributed by atoms with Gasteiger partial charge in [0.05, 0.1) is 11.6 Å². The second-order valence-corrected chi connectivity index (χ2v) is 7.36. The number of aliphatic hydroxyl groups excluding tert-OH is 1. The predicted molar refractivity (Wildman–Crippen MR) is 114 cm³/mol. The Balaban J connectivity index is 1.94. The Morgan fingerprint density at radius 2 is 1.52 bits per heavy atom. The highest BCUT2D eigenvalue weighted by molar-refractivity contribution is 6.51. The highest BCUT2D eigenvalue weighted by Crippen LogP contribution is 2.42. The molecule has 1 aliphatic heterocycles. The number of hydrogen-bond donors (Lipinski definition) is 1. The zero-order chi connectivity index (χ0) is 20.5. The number of anilines is 1. The summed E-state index contributed by atoms with van der Waals surface area (Å²) in [5, 5.41) is 11.5. The molecule has 3 aromatic rings. The smallest absolute Gasteiger partial charge is 0.300 e. The molecule has 144 valence electrons. The first-order valence-electron chi connectivity index (χ1n) is 9.16. The lowest BCUT2D eigenvalue weighted by molar-refractivity contribution is -0.132. The summed E-state index contributed by atoms with van der Waals surface area (Å²) in [6, 6.07) is 22.4. The van der Waals surface area contributed by atoms with Crippen LogP contribution in [0.3, 0.4) is 0 Å². The van der Waals surface area contributed by atoms with Crippen LogP contribution in [0.15, 0.2) is 84.4 Å². The Labute approximate surface area is 173 Å². The van der Waals surface area contributed by atoms with Crippen molar-refractivity contribution in [1.82, 2.24) is 0 Å². The van der Waals surface area contributed by atoms with E-state index in [2.05, 4.69) is 0 Å². The maximum Gasteiger partial charge on any atom is 0.300 e. The first-order valence-corrected chi connectivity index (χ1v) is 9.53. The average Bonchev–Trinajstić information content (AvgIpc) is 3.00. The van der Waals surface area contributed by atoms with Crippen LogP contribution in [0.25, 0.3) is 5.76 Å². The zero-order valence-electron chi connectivity index (χ0n) is 15.7. The van der Waals surface area contributed by atoms with Crippen molar-refractivity contribution in [1.29, 1.82) is 0 Å². The van der Waals surface area contributed by atoms with Crippen LogP contribution in [0.2, 0.25) is 5.02 Å². The molecule has 5 heteroatoms. The van der Waals surface area contributed by atoms with Crippen molar-refractivity contribution in [3.63, 3.8) is 0 Å². The van der Waals surface area contributed by atoms with Crippen LogP contribution in [0, 0.1) is 6.92 Å². The van der Waals surface area contributed by atoms with Crippen LogP contribution in [0.5, 0.6) is 0 Å². The molecule has 29 heavy (non-hydrogen) atoms. The maximum atomic E-state index is 13.0. The molecule has 0 saturated carbocycles. The Bertz CT molecular complexity index is 1100. The van der Waals surface area contributed by atoms with Gasteiger partial charge in [0.2, 0.25) is 0 Å². The highest BCUT2D eigenvalue weighted by atomic mass is 35.5. The van der Waals surface area contributed by atoms with Crippen molar-refractivity contribution in [2.24, 2.45) is 0 Å². The number of para-hydroxylation sites is 1. The van der Waals surface area contributed by atoms with Gasteiger partial charge in [-0.2, -0.15) is 0 Å². The lowest BCUT2D eigenvalue weighted by atomic mass is 9.94. The Kier molecular flexibility index (Phi) is 4.95. The number of carbonyl (C=O) groups is 2. The van der Waals surface area contributed by atoms with E-state index in [0.717, 1.165) is 11.1 Å². The van der Waals surface area contributed by atoms with E-state index in [1.807, 2.05) is 37.3 Å². The van der Waals surface area contributed by atoms with Gasteiger partial charge in [0.15, 0.2) is 0 Å². The molecule has 1 heterocycles. The first kappa shape index (κ1) is 19.0. The van der Waals surface area contributed by atoms with E-state index in [1.54, 1.807) is 48.5 Å². The average molecular weight is 404 g/mol. The number of ketones is 1. The van der Waals surface area contributed by atoms with Crippen LogP contribution >= 0.6 is 11.6 Å². The molecule has 1 N–H and O–H groups in total. The third-order valence-corrected chi connectivity index (χ3v) is 5.24. The standard InChI is InChI=1S/C24H18ClNO3/c1-15-7-9-16(10-8-15)21-20(22(27)17-11-13-18(25)14-12-17)23(28)24(29)26(21)19-5-3-2-4-6-19/h2-14,21,27H,1H3/t21-/m1/s1. The number of aliphatic hydroxyl groups is 1. The molecule has 0 unspecified atom stereocenters. The second kappa shape index (κ2) is 7.57. The molecule has 1 aliphatic rings. The van der Waals surface area contributed by atoms with E-state index in [0.29, 0.717) is 16.3 Å². The molecule has 0 bridgehead atoms. The first-order chi connectivity index (χ1) is 14.0. The topological polar surface area (TPSA) is 57.6 Å². The minimum absolute atomic E-state index is 0.0602. The molecule has 0 aliphatic carbocycles. The minimum Gasteiger partial charge on any atom is -0.507 e. The fourth-order valence-electron chi connectivity index (χ4n) is 3.51. The largest absolute Gasteiger partial charge is 0.507 e. The minimum atomic E-state index is -0.728. The van der Waals surface area contributed by atoms with Crippen LogP contribution in [0.1, 0.15) is 22.7 Å². The van der Waals surface area contributed by atoms with Gasteiger partial charge in [-0.3, -0.25) is 14.5 Å². The van der Waals surface area contributed by atoms with E-state index in [1.165, 1.54) is 4.90 Å². The normalized spacial score (nSPS) is 18.3. The molecule has 1 amide bonds. The SMILES string of the molecule is Cc1ccc([C@@H]2C(=C(O)c3ccc(Cl)cc3)C(=O)C(=O)N2c2ccccc2)cc1. The molecule has 0 aromatic heterocycles. The van der Waals surface area contributed by atoms with E-state index < -0.39 is 17.7 Å². The fraction of sp³-hybridized carbons (Fsp3) is 0.0833. The van der Waals surface area contributed by atoms with E-state index in [9.17, 15) is 14.7 Å². The molecular weight excluding hydrogens is 386 g/mol. The molecule has 0 radical (unpaired) electrons.